The van der Waals surface area contributed by atoms with Gasteiger partial charge in [0.15, 0.2) is 6.04 Å². The summed E-state index contributed by atoms with van der Waals surface area (Å²) in [5.41, 5.74) is 2.58. The monoisotopic (exact) mass is 972 g/mol. The average Bonchev–Trinajstić information content (AvgIpc) is 3.40. The number of hydrogen-bond acceptors (Lipinski definition) is 5. The molecule has 7 nitrogen and oxygen atoms in total. The zero-order valence-electron chi connectivity index (χ0n) is 25.4. The molecule has 1 fully saturated rings. The largest absolute Gasteiger partial charge is 0.625 e. The Morgan fingerprint density at radius 2 is 1.67 bits per heavy atom. The molecule has 0 bridgehead atoms. The normalized spacial score (nSPS) is 17.1. The minimum absolute atomic E-state index is 0. The van der Waals surface area contributed by atoms with Crippen molar-refractivity contribution in [3.63, 3.8) is 0 Å². The third-order valence-electron chi connectivity index (χ3n) is 8.18. The van der Waals surface area contributed by atoms with Gasteiger partial charge in [-0.05, 0) is 125 Å². The Balaban J connectivity index is 0.00000520. The smallest absolute Gasteiger partial charge is 0.328 e. The van der Waals surface area contributed by atoms with Crippen molar-refractivity contribution in [3.8, 4) is 5.75 Å². The number of carboxylic acids is 1. The number of carboxylic acid groups (broad SMARTS) is 1. The van der Waals surface area contributed by atoms with Crippen LogP contribution in [0.5, 0.6) is 5.75 Å². The zero-order valence-corrected chi connectivity index (χ0v) is 32.9. The van der Waals surface area contributed by atoms with Gasteiger partial charge in [-0.1, -0.05) is 77.3 Å². The van der Waals surface area contributed by atoms with Crippen molar-refractivity contribution < 1.29 is 36.3 Å². The second-order valence-electron chi connectivity index (χ2n) is 11.4. The summed E-state index contributed by atoms with van der Waals surface area (Å²) < 4.78 is 1.46. The number of aromatic hydroxyl groups is 1. The summed E-state index contributed by atoms with van der Waals surface area (Å²) in [5, 5.41) is 26.3. The van der Waals surface area contributed by atoms with Crippen LogP contribution in [0.4, 0.5) is 5.69 Å². The van der Waals surface area contributed by atoms with Gasteiger partial charge in [-0.25, -0.2) is 4.79 Å². The predicted molar refractivity (Wildman–Crippen MR) is 205 cm³/mol. The van der Waals surface area contributed by atoms with Crippen LogP contribution in [-0.4, -0.2) is 50.8 Å². The standard InChI is InChI=1S/C35H30Cl3I2N3O4.Ni/c1-35(12-5-13-43(35)19-20-8-10-26(37)27(38)14-20)34(47)42-30-11-9-22(36)15-25(30)32(21-6-3-2-4-7-21)41-31(33(45)46)18-24-28(39)16-23(44)17-29(24)40;/h2-4,6-11,14-17,31H,5,12-13,18-19H2,1H3,(H3,41,42,44,45,46,47);/p-1/t31-,35+;/m1./s1. The van der Waals surface area contributed by atoms with Gasteiger partial charge in [-0.3, -0.25) is 9.89 Å². The molecular formula is C35H29Cl3I2N3NiO4-. The fraction of sp³-hybridized carbons (Fsp3) is 0.229. The Kier molecular flexibility index (Phi) is 13.6. The fourth-order valence-corrected chi connectivity index (χ4v) is 8.28. The molecule has 1 heterocycles. The van der Waals surface area contributed by atoms with Crippen LogP contribution in [0.25, 0.3) is 5.32 Å². The third-order valence-corrected chi connectivity index (χ3v) is 11.1. The average molecular weight is 974 g/mol. The van der Waals surface area contributed by atoms with E-state index in [-0.39, 0.29) is 34.6 Å². The number of likely N-dealkylation sites (tertiary alicyclic amines) is 1. The molecule has 0 aromatic heterocycles. The van der Waals surface area contributed by atoms with E-state index in [1.807, 2.05) is 49.4 Å². The molecule has 2 atom stereocenters. The van der Waals surface area contributed by atoms with E-state index in [1.165, 1.54) is 0 Å². The van der Waals surface area contributed by atoms with Gasteiger partial charge in [-0.15, -0.1) is 5.69 Å². The number of benzene rings is 4. The minimum Gasteiger partial charge on any atom is -0.625 e. The van der Waals surface area contributed by atoms with Gasteiger partial charge in [0.2, 0.25) is 0 Å². The van der Waals surface area contributed by atoms with Gasteiger partial charge in [-0.2, -0.15) is 0 Å². The SMILES string of the molecule is C[C@@]1(C(=O)[N-]c2ccc(Cl)cc2C(=N[C@H](Cc2c(I)cc(O)cc2I)C(=O)O)c2ccccc2)CCCN1Cc1ccc(Cl)c(Cl)c1.[Ni]. The van der Waals surface area contributed by atoms with E-state index in [2.05, 4.69) is 55.4 Å². The minimum atomic E-state index is -1.19. The Bertz CT molecular complexity index is 1840. The number of nitrogens with zero attached hydrogens (tertiary/aromatic N) is 3. The molecule has 0 aliphatic carbocycles. The molecule has 254 valence electrons. The Labute approximate surface area is 331 Å². The van der Waals surface area contributed by atoms with Gasteiger partial charge in [0.25, 0.3) is 0 Å². The number of carbonyl (C=O) groups is 2. The first-order valence-electron chi connectivity index (χ1n) is 14.6. The van der Waals surface area contributed by atoms with E-state index in [1.54, 1.807) is 36.4 Å². The molecule has 0 radical (unpaired) electrons. The molecule has 5 rings (SSSR count). The number of aliphatic imine (C=N–C) groups is 1. The van der Waals surface area contributed by atoms with E-state index in [0.717, 1.165) is 24.7 Å². The first kappa shape index (κ1) is 38.9. The molecule has 1 aliphatic rings. The van der Waals surface area contributed by atoms with Crippen LogP contribution >= 0.6 is 80.0 Å². The second-order valence-corrected chi connectivity index (χ2v) is 15.0. The van der Waals surface area contributed by atoms with Gasteiger partial charge in [0.1, 0.15) is 5.75 Å². The molecule has 48 heavy (non-hydrogen) atoms. The van der Waals surface area contributed by atoms with Crippen LogP contribution in [0.15, 0.2) is 83.9 Å². The van der Waals surface area contributed by atoms with Gasteiger partial charge >= 0.3 is 5.97 Å². The topological polar surface area (TPSA) is 104 Å². The summed E-state index contributed by atoms with van der Waals surface area (Å²) in [7, 11) is 0. The number of amides is 1. The predicted octanol–water partition coefficient (Wildman–Crippen LogP) is 9.68. The molecule has 1 saturated heterocycles. The maximum atomic E-state index is 14.1. The molecule has 13 heteroatoms. The maximum Gasteiger partial charge on any atom is 0.328 e. The van der Waals surface area contributed by atoms with Gasteiger partial charge in [0, 0.05) is 47.2 Å². The molecule has 4 aromatic carbocycles. The van der Waals surface area contributed by atoms with Crippen molar-refractivity contribution >= 4 is 103 Å². The molecule has 1 amide bonds. The van der Waals surface area contributed by atoms with Gasteiger partial charge < -0.3 is 20.3 Å². The van der Waals surface area contributed by atoms with Crippen LogP contribution in [-0.2, 0) is 39.0 Å². The number of carbonyl (C=O) groups excluding carboxylic acids is 1. The van der Waals surface area contributed by atoms with Crippen molar-refractivity contribution in [3.05, 3.63) is 129 Å². The first-order valence-corrected chi connectivity index (χ1v) is 17.9. The quantitative estimate of drug-likeness (QED) is 0.0937. The summed E-state index contributed by atoms with van der Waals surface area (Å²) in [6, 6.07) is 21.6. The summed E-state index contributed by atoms with van der Waals surface area (Å²) in [6.45, 7) is 3.10. The van der Waals surface area contributed by atoms with Crippen LogP contribution < -0.4 is 0 Å². The van der Waals surface area contributed by atoms with Crippen molar-refractivity contribution in [1.82, 2.24) is 4.90 Å². The molecule has 0 spiro atoms. The first-order chi connectivity index (χ1) is 22.4. The van der Waals surface area contributed by atoms with Crippen molar-refractivity contribution in [2.75, 3.05) is 6.54 Å². The summed E-state index contributed by atoms with van der Waals surface area (Å²) >= 11 is 23.1. The molecule has 0 unspecified atom stereocenters. The Morgan fingerprint density at radius 1 is 0.979 bits per heavy atom. The van der Waals surface area contributed by atoms with Crippen LogP contribution in [0.2, 0.25) is 15.1 Å². The molecule has 4 aromatic rings. The van der Waals surface area contributed by atoms with E-state index >= 15 is 0 Å². The van der Waals surface area contributed by atoms with Gasteiger partial charge in [0.05, 0.1) is 27.2 Å². The number of halogens is 5. The Hall–Kier alpha value is -1.93. The van der Waals surface area contributed by atoms with E-state index in [4.69, 9.17) is 39.8 Å². The third kappa shape index (κ3) is 9.05. The number of rotatable bonds is 10. The maximum absolute atomic E-state index is 14.1. The zero-order chi connectivity index (χ0) is 33.9. The van der Waals surface area contributed by atoms with Crippen LogP contribution in [0.1, 0.15) is 42.0 Å². The van der Waals surface area contributed by atoms with Crippen LogP contribution in [0.3, 0.4) is 0 Å². The summed E-state index contributed by atoms with van der Waals surface area (Å²) in [4.78, 5) is 33.7. The van der Waals surface area contributed by atoms with Crippen molar-refractivity contribution in [1.29, 1.82) is 0 Å². The molecule has 1 aliphatic heterocycles. The number of aliphatic carboxylic acids is 1. The van der Waals surface area contributed by atoms with Crippen molar-refractivity contribution in [2.24, 2.45) is 4.99 Å². The fourth-order valence-electron chi connectivity index (χ4n) is 5.62. The second kappa shape index (κ2) is 16.9. The Morgan fingerprint density at radius 3 is 2.31 bits per heavy atom. The van der Waals surface area contributed by atoms with E-state index in [9.17, 15) is 19.8 Å². The number of phenolic OH excluding ortho intramolecular Hbond substituents is 1. The molecule has 2 N–H and O–H groups in total. The van der Waals surface area contributed by atoms with Crippen LogP contribution in [0, 0.1) is 7.14 Å². The van der Waals surface area contributed by atoms with E-state index < -0.39 is 17.6 Å². The van der Waals surface area contributed by atoms with E-state index in [0.29, 0.717) is 57.1 Å². The van der Waals surface area contributed by atoms with Crippen molar-refractivity contribution in [2.45, 2.75) is 44.3 Å². The molecule has 0 saturated carbocycles. The number of hydrogen-bond donors (Lipinski definition) is 2. The summed E-state index contributed by atoms with van der Waals surface area (Å²) in [6.07, 6.45) is 1.51. The molecular weight excluding hydrogens is 945 g/mol. The summed E-state index contributed by atoms with van der Waals surface area (Å²) in [5.74, 6) is -1.34. The number of phenols is 1.